The van der Waals surface area contributed by atoms with Crippen molar-refractivity contribution < 1.29 is 22.4 Å². The van der Waals surface area contributed by atoms with Gasteiger partial charge in [0, 0.05) is 52.5 Å². The molecular weight excluding hydrogens is 414 g/mol. The third kappa shape index (κ3) is 6.13. The molecule has 0 radical (unpaired) electrons. The first-order valence-electron chi connectivity index (χ1n) is 9.98. The van der Waals surface area contributed by atoms with Crippen LogP contribution in [0.25, 0.3) is 0 Å². The van der Waals surface area contributed by atoms with Gasteiger partial charge in [-0.15, -0.1) is 0 Å². The fourth-order valence-electron chi connectivity index (χ4n) is 3.55. The third-order valence-corrected chi connectivity index (χ3v) is 5.37. The molecule has 1 aromatic carbocycles. The maximum Gasteiger partial charge on any atom is 0.390 e. The van der Waals surface area contributed by atoms with Crippen LogP contribution >= 0.6 is 0 Å². The van der Waals surface area contributed by atoms with Gasteiger partial charge in [0.05, 0.1) is 6.42 Å². The molecule has 0 aliphatic carbocycles. The summed E-state index contributed by atoms with van der Waals surface area (Å²) >= 11 is 0. The minimum atomic E-state index is -4.19. The number of aromatic nitrogens is 2. The van der Waals surface area contributed by atoms with Crippen LogP contribution in [0.3, 0.4) is 0 Å². The van der Waals surface area contributed by atoms with Crippen molar-refractivity contribution >= 4 is 11.7 Å². The van der Waals surface area contributed by atoms with Crippen molar-refractivity contribution in [2.24, 2.45) is 0 Å². The fourth-order valence-corrected chi connectivity index (χ4v) is 3.55. The molecule has 3 rings (SSSR count). The van der Waals surface area contributed by atoms with Crippen molar-refractivity contribution in [1.82, 2.24) is 19.8 Å². The third-order valence-electron chi connectivity index (χ3n) is 5.37. The molecule has 2 heterocycles. The lowest BCUT2D eigenvalue weighted by Gasteiger charge is -2.35. The summed E-state index contributed by atoms with van der Waals surface area (Å²) in [6.07, 6.45) is -2.26. The van der Waals surface area contributed by atoms with Gasteiger partial charge >= 0.3 is 6.18 Å². The first-order valence-corrected chi connectivity index (χ1v) is 9.98. The van der Waals surface area contributed by atoms with Crippen LogP contribution in [0, 0.1) is 12.7 Å². The molecule has 31 heavy (non-hydrogen) atoms. The van der Waals surface area contributed by atoms with Gasteiger partial charge in [-0.1, -0.05) is 6.07 Å². The molecule has 0 bridgehead atoms. The zero-order valence-electron chi connectivity index (χ0n) is 17.5. The predicted molar refractivity (Wildman–Crippen MR) is 108 cm³/mol. The number of hydrogen-bond acceptors (Lipinski definition) is 5. The Morgan fingerprint density at radius 3 is 2.58 bits per heavy atom. The molecule has 1 fully saturated rings. The average Bonchev–Trinajstić information content (AvgIpc) is 2.74. The molecule has 0 spiro atoms. The summed E-state index contributed by atoms with van der Waals surface area (Å²) in [4.78, 5) is 26.4. The Labute approximate surface area is 178 Å². The minimum Gasteiger partial charge on any atom is -0.355 e. The summed E-state index contributed by atoms with van der Waals surface area (Å²) in [5, 5.41) is 0. The molecule has 10 heteroatoms. The van der Waals surface area contributed by atoms with Gasteiger partial charge < -0.3 is 9.80 Å². The number of alkyl halides is 3. The molecule has 1 aliphatic heterocycles. The van der Waals surface area contributed by atoms with Crippen LogP contribution in [0.1, 0.15) is 27.9 Å². The van der Waals surface area contributed by atoms with E-state index in [1.165, 1.54) is 24.7 Å². The molecule has 2 aromatic rings. The summed E-state index contributed by atoms with van der Waals surface area (Å²) in [5.74, 6) is -0.187. The zero-order chi connectivity index (χ0) is 22.6. The van der Waals surface area contributed by atoms with Crippen LogP contribution < -0.4 is 4.90 Å². The van der Waals surface area contributed by atoms with Crippen LogP contribution in [-0.4, -0.2) is 71.6 Å². The summed E-state index contributed by atoms with van der Waals surface area (Å²) in [6.45, 7) is 3.59. The minimum absolute atomic E-state index is 0.0685. The Balaban J connectivity index is 1.67. The molecule has 1 saturated heterocycles. The van der Waals surface area contributed by atoms with Crippen molar-refractivity contribution in [2.75, 3.05) is 44.7 Å². The summed E-state index contributed by atoms with van der Waals surface area (Å²) in [6, 6.07) is 4.55. The molecule has 1 aromatic heterocycles. The second-order valence-corrected chi connectivity index (χ2v) is 7.69. The van der Waals surface area contributed by atoms with E-state index in [1.807, 2.05) is 6.92 Å². The van der Waals surface area contributed by atoms with Gasteiger partial charge in [-0.05, 0) is 30.2 Å². The first-order chi connectivity index (χ1) is 14.6. The Kier molecular flexibility index (Phi) is 7.09. The number of piperazine rings is 1. The van der Waals surface area contributed by atoms with Crippen molar-refractivity contribution in [2.45, 2.75) is 26.1 Å². The first kappa shape index (κ1) is 22.9. The van der Waals surface area contributed by atoms with Gasteiger partial charge in [-0.2, -0.15) is 13.2 Å². The fraction of sp³-hybridized carbons (Fsp3) is 0.476. The Hall–Kier alpha value is -2.75. The Bertz CT molecular complexity index is 913. The van der Waals surface area contributed by atoms with Crippen molar-refractivity contribution in [3.63, 3.8) is 0 Å². The van der Waals surface area contributed by atoms with Crippen LogP contribution in [-0.2, 0) is 6.54 Å². The average molecular weight is 439 g/mol. The number of aryl methyl sites for hydroxylation is 1. The number of anilines is 1. The molecule has 0 N–H and O–H groups in total. The van der Waals surface area contributed by atoms with Crippen molar-refractivity contribution in [3.05, 3.63) is 53.2 Å². The van der Waals surface area contributed by atoms with Crippen molar-refractivity contribution in [3.8, 4) is 0 Å². The van der Waals surface area contributed by atoms with Crippen LogP contribution in [0.4, 0.5) is 23.4 Å². The molecule has 0 saturated carbocycles. The quantitative estimate of drug-likeness (QED) is 0.647. The largest absolute Gasteiger partial charge is 0.390 e. The summed E-state index contributed by atoms with van der Waals surface area (Å²) in [7, 11) is 1.76. The lowest BCUT2D eigenvalue weighted by molar-refractivity contribution is -0.138. The van der Waals surface area contributed by atoms with Gasteiger partial charge in [0.1, 0.15) is 23.5 Å². The monoisotopic (exact) mass is 439 g/mol. The Morgan fingerprint density at radius 2 is 1.90 bits per heavy atom. The second kappa shape index (κ2) is 9.59. The molecule has 1 aliphatic rings. The SMILES string of the molecule is Cc1ccc(F)cc1CN(C)c1ncncc1C(=O)N1CCN(CCC(F)(F)F)CC1. The number of amides is 1. The molecule has 6 nitrogen and oxygen atoms in total. The smallest absolute Gasteiger partial charge is 0.355 e. The van der Waals surface area contributed by atoms with E-state index in [0.717, 1.165) is 11.1 Å². The van der Waals surface area contributed by atoms with Crippen molar-refractivity contribution in [1.29, 1.82) is 0 Å². The number of nitrogens with zero attached hydrogens (tertiary/aromatic N) is 5. The predicted octanol–water partition coefficient (Wildman–Crippen LogP) is 3.27. The van der Waals surface area contributed by atoms with Crippen LogP contribution in [0.15, 0.2) is 30.7 Å². The van der Waals surface area contributed by atoms with Gasteiger partial charge in [0.25, 0.3) is 5.91 Å². The summed E-state index contributed by atoms with van der Waals surface area (Å²) in [5.41, 5.74) is 2.01. The van der Waals surface area contributed by atoms with E-state index in [1.54, 1.807) is 27.8 Å². The number of hydrogen-bond donors (Lipinski definition) is 0. The van der Waals surface area contributed by atoms with E-state index in [2.05, 4.69) is 9.97 Å². The van der Waals surface area contributed by atoms with Gasteiger partial charge in [-0.3, -0.25) is 9.69 Å². The number of benzene rings is 1. The van der Waals surface area contributed by atoms with Gasteiger partial charge in [0.15, 0.2) is 0 Å². The maximum absolute atomic E-state index is 13.6. The summed E-state index contributed by atoms with van der Waals surface area (Å²) < 4.78 is 50.9. The van der Waals surface area contributed by atoms with E-state index in [4.69, 9.17) is 0 Å². The van der Waals surface area contributed by atoms with Crippen LogP contribution in [0.2, 0.25) is 0 Å². The highest BCUT2D eigenvalue weighted by molar-refractivity contribution is 5.98. The van der Waals surface area contributed by atoms with E-state index in [9.17, 15) is 22.4 Å². The number of carbonyl (C=O) groups excluding carboxylic acids is 1. The zero-order valence-corrected chi connectivity index (χ0v) is 17.5. The number of halogens is 4. The van der Waals surface area contributed by atoms with Gasteiger partial charge in [0.2, 0.25) is 0 Å². The lowest BCUT2D eigenvalue weighted by atomic mass is 10.1. The molecule has 0 atom stereocenters. The topological polar surface area (TPSA) is 52.6 Å². The highest BCUT2D eigenvalue weighted by Gasteiger charge is 2.30. The molecule has 168 valence electrons. The highest BCUT2D eigenvalue weighted by Crippen LogP contribution is 2.23. The lowest BCUT2D eigenvalue weighted by Crippen LogP contribution is -2.49. The maximum atomic E-state index is 13.6. The Morgan fingerprint density at radius 1 is 1.19 bits per heavy atom. The van der Waals surface area contributed by atoms with Crippen LogP contribution in [0.5, 0.6) is 0 Å². The molecular formula is C21H25F4N5O. The number of carbonyl (C=O) groups is 1. The van der Waals surface area contributed by atoms with E-state index in [0.29, 0.717) is 44.1 Å². The standard InChI is InChI=1S/C21H25F4N5O/c1-15-3-4-17(22)11-16(15)13-28(2)19-18(12-26-14-27-19)20(31)30-9-7-29(8-10-30)6-5-21(23,24)25/h3-4,11-12,14H,5-10,13H2,1-2H3. The molecule has 0 unspecified atom stereocenters. The highest BCUT2D eigenvalue weighted by atomic mass is 19.4. The van der Waals surface area contributed by atoms with E-state index in [-0.39, 0.29) is 18.3 Å². The second-order valence-electron chi connectivity index (χ2n) is 7.69. The van der Waals surface area contributed by atoms with Gasteiger partial charge in [-0.25, -0.2) is 14.4 Å². The number of rotatable bonds is 6. The van der Waals surface area contributed by atoms with E-state index < -0.39 is 12.6 Å². The molecule has 1 amide bonds. The normalized spacial score (nSPS) is 15.2. The van der Waals surface area contributed by atoms with E-state index >= 15 is 0 Å².